The molecule has 2 atom stereocenters. The van der Waals surface area contributed by atoms with Gasteiger partial charge in [-0.25, -0.2) is 0 Å². The van der Waals surface area contributed by atoms with Gasteiger partial charge in [0.25, 0.3) is 0 Å². The van der Waals surface area contributed by atoms with Crippen molar-refractivity contribution in [3.63, 3.8) is 0 Å². The van der Waals surface area contributed by atoms with Crippen LogP contribution in [0, 0.1) is 0 Å². The van der Waals surface area contributed by atoms with Gasteiger partial charge in [0.2, 0.25) is 0 Å². The minimum atomic E-state index is -4.85. The van der Waals surface area contributed by atoms with Crippen LogP contribution in [-0.4, -0.2) is 12.6 Å². The van der Waals surface area contributed by atoms with E-state index in [0.717, 1.165) is 18.6 Å². The van der Waals surface area contributed by atoms with Crippen LogP contribution in [-0.2, 0) is 18.5 Å². The van der Waals surface area contributed by atoms with Gasteiger partial charge in [-0.05, 0) is 67.4 Å². The first kappa shape index (κ1) is 26.3. The van der Waals surface area contributed by atoms with E-state index in [9.17, 15) is 39.5 Å². The van der Waals surface area contributed by atoms with Crippen molar-refractivity contribution in [3.05, 3.63) is 69.7 Å². The first-order valence-electron chi connectivity index (χ1n) is 9.20. The molecule has 178 valence electrons. The monoisotopic (exact) mass is 492 g/mol. The van der Waals surface area contributed by atoms with Gasteiger partial charge >= 0.3 is 18.5 Å². The largest absolute Gasteiger partial charge is 0.416 e. The molecule has 12 heteroatoms. The second-order valence-electron chi connectivity index (χ2n) is 7.07. The van der Waals surface area contributed by atoms with Gasteiger partial charge in [0, 0.05) is 17.1 Å². The summed E-state index contributed by atoms with van der Waals surface area (Å²) >= 11 is 5.39. The summed E-state index contributed by atoms with van der Waals surface area (Å²) in [4.78, 5) is 0. The number of rotatable bonds is 2. The van der Waals surface area contributed by atoms with E-state index in [4.69, 9.17) is 17.3 Å². The van der Waals surface area contributed by atoms with Gasteiger partial charge in [0.1, 0.15) is 0 Å². The third-order valence-electron chi connectivity index (χ3n) is 4.70. The van der Waals surface area contributed by atoms with Gasteiger partial charge in [-0.1, -0.05) is 11.6 Å². The summed E-state index contributed by atoms with van der Waals surface area (Å²) in [5.74, 6) is 0. The lowest BCUT2D eigenvalue weighted by molar-refractivity contribution is -0.143. The number of alkyl halides is 9. The van der Waals surface area contributed by atoms with Crippen molar-refractivity contribution in [2.24, 2.45) is 5.73 Å². The smallest absolute Gasteiger partial charge is 0.323 e. The van der Waals surface area contributed by atoms with Crippen LogP contribution < -0.4 is 11.1 Å². The Morgan fingerprint density at radius 3 is 1.62 bits per heavy atom. The average molecular weight is 493 g/mol. The Hall–Kier alpha value is -1.98. The van der Waals surface area contributed by atoms with Crippen LogP contribution in [0.5, 0.6) is 0 Å². The predicted molar refractivity (Wildman–Crippen MR) is 101 cm³/mol. The normalized spacial score (nSPS) is 18.2. The number of nitrogens with one attached hydrogen (secondary N) is 1. The van der Waals surface area contributed by atoms with Crippen molar-refractivity contribution in [2.75, 3.05) is 6.54 Å². The molecule has 0 amide bonds. The molecule has 2 unspecified atom stereocenters. The zero-order valence-electron chi connectivity index (χ0n) is 16.2. The second kappa shape index (κ2) is 9.88. The third-order valence-corrected chi connectivity index (χ3v) is 4.95. The van der Waals surface area contributed by atoms with Crippen molar-refractivity contribution < 1.29 is 39.5 Å². The minimum absolute atomic E-state index is 0.109. The lowest BCUT2D eigenvalue weighted by Crippen LogP contribution is -2.34. The summed E-state index contributed by atoms with van der Waals surface area (Å²) in [6.07, 6.45) is -12.6. The highest BCUT2D eigenvalue weighted by atomic mass is 35.5. The molecule has 2 aromatic rings. The molecule has 3 N–H and O–H groups in total. The average Bonchev–Trinajstić information content (AvgIpc) is 3.20. The van der Waals surface area contributed by atoms with Crippen LogP contribution in [0.4, 0.5) is 39.5 Å². The fraction of sp³-hybridized carbons (Fsp3) is 0.400. The zero-order chi connectivity index (χ0) is 24.3. The molecule has 0 aliphatic carbocycles. The van der Waals surface area contributed by atoms with Crippen LogP contribution in [0.3, 0.4) is 0 Å². The molecule has 0 spiro atoms. The van der Waals surface area contributed by atoms with Gasteiger partial charge in [-0.2, -0.15) is 39.5 Å². The van der Waals surface area contributed by atoms with Gasteiger partial charge in [-0.15, -0.1) is 0 Å². The highest BCUT2D eigenvalue weighted by Gasteiger charge is 2.38. The number of hydrogen-bond acceptors (Lipinski definition) is 2. The maximum absolute atomic E-state index is 12.8. The Labute approximate surface area is 182 Å². The molecule has 2 aromatic carbocycles. The highest BCUT2D eigenvalue weighted by molar-refractivity contribution is 6.30. The molecule has 0 radical (unpaired) electrons. The molecule has 1 saturated heterocycles. The van der Waals surface area contributed by atoms with E-state index in [1.54, 1.807) is 0 Å². The van der Waals surface area contributed by atoms with Crippen LogP contribution >= 0.6 is 11.6 Å². The van der Waals surface area contributed by atoms with Crippen LogP contribution in [0.1, 0.15) is 41.1 Å². The first-order chi connectivity index (χ1) is 14.6. The van der Waals surface area contributed by atoms with Crippen molar-refractivity contribution in [3.8, 4) is 0 Å². The number of benzene rings is 2. The van der Waals surface area contributed by atoms with Crippen molar-refractivity contribution in [1.82, 2.24) is 5.32 Å². The van der Waals surface area contributed by atoms with E-state index in [2.05, 4.69) is 5.32 Å². The lowest BCUT2D eigenvalue weighted by Gasteiger charge is -2.22. The quantitative estimate of drug-likeness (QED) is 0.451. The number of hydrogen-bond donors (Lipinski definition) is 2. The Morgan fingerprint density at radius 2 is 1.25 bits per heavy atom. The standard InChI is InChI=1S/C13H14F6N2.C7H4ClF3/c14-12(15,16)8-4-7(5-9(6-8)13(17,18)19)11(20)10-2-1-3-21-10;8-6-3-1-5(2-4-6)7(9,10)11/h4-6,10-11,21H,1-3,20H2;1-4H. The predicted octanol–water partition coefficient (Wildman–Crippen LogP) is 6.83. The van der Waals surface area contributed by atoms with E-state index < -0.39 is 41.3 Å². The van der Waals surface area contributed by atoms with E-state index in [0.29, 0.717) is 30.1 Å². The molecule has 0 aromatic heterocycles. The van der Waals surface area contributed by atoms with Crippen LogP contribution in [0.15, 0.2) is 42.5 Å². The molecule has 3 rings (SSSR count). The summed E-state index contributed by atoms with van der Waals surface area (Å²) in [5, 5.41) is 3.29. The Balaban J connectivity index is 0.000000278. The topological polar surface area (TPSA) is 38.0 Å². The minimum Gasteiger partial charge on any atom is -0.323 e. The van der Waals surface area contributed by atoms with Crippen LogP contribution in [0.2, 0.25) is 5.02 Å². The SMILES string of the molecule is FC(F)(F)c1ccc(Cl)cc1.NC(c1cc(C(F)(F)F)cc(C(F)(F)F)c1)C1CCCN1. The van der Waals surface area contributed by atoms with Gasteiger partial charge < -0.3 is 11.1 Å². The molecule has 32 heavy (non-hydrogen) atoms. The molecular weight excluding hydrogens is 475 g/mol. The molecule has 1 aliphatic rings. The molecule has 0 saturated carbocycles. The van der Waals surface area contributed by atoms with Gasteiger partial charge in [0.05, 0.1) is 16.7 Å². The molecule has 1 heterocycles. The van der Waals surface area contributed by atoms with E-state index in [1.165, 1.54) is 12.1 Å². The molecule has 2 nitrogen and oxygen atoms in total. The molecular formula is C20H18ClF9N2. The summed E-state index contributed by atoms with van der Waals surface area (Å²) in [6, 6.07) is 4.60. The summed E-state index contributed by atoms with van der Waals surface area (Å²) in [5.41, 5.74) is 2.33. The van der Waals surface area contributed by atoms with Crippen molar-refractivity contribution in [2.45, 2.75) is 43.5 Å². The maximum atomic E-state index is 12.8. The molecule has 1 fully saturated rings. The van der Waals surface area contributed by atoms with Gasteiger partial charge in [0.15, 0.2) is 0 Å². The Kier molecular flexibility index (Phi) is 8.11. The maximum Gasteiger partial charge on any atom is 0.416 e. The second-order valence-corrected chi connectivity index (χ2v) is 7.51. The van der Waals surface area contributed by atoms with E-state index in [1.807, 2.05) is 0 Å². The summed E-state index contributed by atoms with van der Waals surface area (Å²) in [6.45, 7) is 0.656. The third kappa shape index (κ3) is 7.28. The zero-order valence-corrected chi connectivity index (χ0v) is 16.9. The number of nitrogens with two attached hydrogens (primary N) is 1. The van der Waals surface area contributed by atoms with Crippen LogP contribution in [0.25, 0.3) is 0 Å². The highest BCUT2D eigenvalue weighted by Crippen LogP contribution is 2.38. The fourth-order valence-electron chi connectivity index (χ4n) is 3.06. The summed E-state index contributed by atoms with van der Waals surface area (Å²) < 4.78 is 112. The summed E-state index contributed by atoms with van der Waals surface area (Å²) in [7, 11) is 0. The molecule has 0 bridgehead atoms. The van der Waals surface area contributed by atoms with E-state index in [-0.39, 0.29) is 17.7 Å². The molecule has 1 aliphatic heterocycles. The number of halogens is 10. The fourth-order valence-corrected chi connectivity index (χ4v) is 3.19. The Morgan fingerprint density at radius 1 is 0.781 bits per heavy atom. The first-order valence-corrected chi connectivity index (χ1v) is 9.58. The lowest BCUT2D eigenvalue weighted by atomic mass is 9.95. The van der Waals surface area contributed by atoms with Crippen molar-refractivity contribution in [1.29, 1.82) is 0 Å². The van der Waals surface area contributed by atoms with Gasteiger partial charge in [-0.3, -0.25) is 0 Å². The Bertz CT molecular complexity index is 852. The van der Waals surface area contributed by atoms with Crippen molar-refractivity contribution >= 4 is 11.6 Å². The van der Waals surface area contributed by atoms with E-state index >= 15 is 0 Å².